The molecule has 2 heterocycles. The molecule has 1 aromatic carbocycles. The first-order valence-electron chi connectivity index (χ1n) is 14.3. The van der Waals surface area contributed by atoms with Gasteiger partial charge in [-0.1, -0.05) is 62.1 Å². The Morgan fingerprint density at radius 2 is 1.90 bits per heavy atom. The highest BCUT2D eigenvalue weighted by Crippen LogP contribution is 2.35. The third-order valence-corrected chi connectivity index (χ3v) is 6.91. The van der Waals surface area contributed by atoms with E-state index in [9.17, 15) is 15.0 Å². The van der Waals surface area contributed by atoms with Crippen LogP contribution in [0.5, 0.6) is 0 Å². The lowest BCUT2D eigenvalue weighted by molar-refractivity contribution is -0.281. The standard InChI is InChI=1S/C28H43N3O10/c1-4-6-13-35-18(3)23(33)26(27(34)37-16-19-11-9-8-10-12-19)41-21(15-32)40-24-20-17-38-28(39-20)22(30-31-29)25(24)36-14-7-5-2/h8-12,18,20-26,28,32-33H,4-7,13-17H2,1-3H3/t18-,20?,21?,22-,23-,24-,25?,26?,28+/m0/s1. The van der Waals surface area contributed by atoms with E-state index in [4.69, 9.17) is 38.7 Å². The largest absolute Gasteiger partial charge is 0.459 e. The van der Waals surface area contributed by atoms with Gasteiger partial charge in [0.25, 0.3) is 0 Å². The van der Waals surface area contributed by atoms with Crippen LogP contribution in [-0.4, -0.2) is 97.9 Å². The average Bonchev–Trinajstić information content (AvgIpc) is 3.43. The minimum atomic E-state index is -1.54. The van der Waals surface area contributed by atoms with E-state index >= 15 is 0 Å². The molecule has 2 N–H and O–H groups in total. The lowest BCUT2D eigenvalue weighted by Gasteiger charge is -2.40. The second-order valence-corrected chi connectivity index (χ2v) is 10.0. The van der Waals surface area contributed by atoms with Crippen molar-refractivity contribution in [1.82, 2.24) is 0 Å². The van der Waals surface area contributed by atoms with Gasteiger partial charge in [-0.15, -0.1) is 0 Å². The summed E-state index contributed by atoms with van der Waals surface area (Å²) in [6.07, 6.45) is -4.83. The van der Waals surface area contributed by atoms with Gasteiger partial charge in [-0.3, -0.25) is 0 Å². The molecule has 0 saturated carbocycles. The summed E-state index contributed by atoms with van der Waals surface area (Å²) in [5, 5.41) is 25.1. The summed E-state index contributed by atoms with van der Waals surface area (Å²) in [6.45, 7) is 5.86. The van der Waals surface area contributed by atoms with E-state index < -0.39 is 67.8 Å². The van der Waals surface area contributed by atoms with Gasteiger partial charge in [-0.05, 0) is 30.9 Å². The molecule has 13 nitrogen and oxygen atoms in total. The molecule has 0 aromatic heterocycles. The van der Waals surface area contributed by atoms with Crippen LogP contribution in [0.25, 0.3) is 10.4 Å². The second kappa shape index (κ2) is 17.6. The minimum Gasteiger partial charge on any atom is -0.459 e. The topological polar surface area (TPSA) is 171 Å². The van der Waals surface area contributed by atoms with E-state index in [1.54, 1.807) is 19.1 Å². The highest BCUT2D eigenvalue weighted by atomic mass is 16.8. The molecule has 2 fully saturated rings. The Morgan fingerprint density at radius 3 is 2.59 bits per heavy atom. The van der Waals surface area contributed by atoms with Gasteiger partial charge in [0.1, 0.15) is 31.0 Å². The van der Waals surface area contributed by atoms with Crippen molar-refractivity contribution in [2.75, 3.05) is 26.4 Å². The molecule has 3 rings (SSSR count). The van der Waals surface area contributed by atoms with Gasteiger partial charge < -0.3 is 43.4 Å². The maximum atomic E-state index is 13.2. The molecule has 41 heavy (non-hydrogen) atoms. The van der Waals surface area contributed by atoms with E-state index in [-0.39, 0.29) is 13.2 Å². The molecule has 230 valence electrons. The quantitative estimate of drug-likeness (QED) is 0.0618. The first-order chi connectivity index (χ1) is 19.9. The van der Waals surface area contributed by atoms with Gasteiger partial charge in [0, 0.05) is 18.1 Å². The van der Waals surface area contributed by atoms with Crippen LogP contribution < -0.4 is 0 Å². The lowest BCUT2D eigenvalue weighted by atomic mass is 9.99. The molecule has 0 spiro atoms. The number of ether oxygens (including phenoxy) is 7. The number of unbranched alkanes of at least 4 members (excludes halogenated alkanes) is 2. The molecule has 0 aliphatic carbocycles. The van der Waals surface area contributed by atoms with Crippen LogP contribution in [0.4, 0.5) is 0 Å². The van der Waals surface area contributed by atoms with Crippen molar-refractivity contribution in [3.63, 3.8) is 0 Å². The first kappa shape index (κ1) is 33.2. The van der Waals surface area contributed by atoms with Gasteiger partial charge in [0.2, 0.25) is 0 Å². The zero-order valence-corrected chi connectivity index (χ0v) is 23.9. The molecule has 13 heteroatoms. The molecule has 9 atom stereocenters. The summed E-state index contributed by atoms with van der Waals surface area (Å²) in [7, 11) is 0. The Labute approximate surface area is 240 Å². The van der Waals surface area contributed by atoms with Crippen LogP contribution in [0.1, 0.15) is 52.0 Å². The average molecular weight is 582 g/mol. The summed E-state index contributed by atoms with van der Waals surface area (Å²) >= 11 is 0. The molecule has 4 unspecified atom stereocenters. The Hall–Kier alpha value is -2.32. The molecular formula is C28H43N3O10. The van der Waals surface area contributed by atoms with Crippen molar-refractivity contribution in [2.45, 2.75) is 108 Å². The fraction of sp³-hybridized carbons (Fsp3) is 0.750. The van der Waals surface area contributed by atoms with E-state index in [0.29, 0.717) is 13.2 Å². The summed E-state index contributed by atoms with van der Waals surface area (Å²) in [5.41, 5.74) is 9.90. The maximum absolute atomic E-state index is 13.2. The molecular weight excluding hydrogens is 538 g/mol. The van der Waals surface area contributed by atoms with Crippen molar-refractivity contribution >= 4 is 5.97 Å². The van der Waals surface area contributed by atoms with E-state index in [0.717, 1.165) is 31.2 Å². The normalized spacial score (nSPS) is 26.5. The lowest BCUT2D eigenvalue weighted by Crippen LogP contribution is -2.57. The molecule has 2 aliphatic heterocycles. The fourth-order valence-corrected chi connectivity index (χ4v) is 4.56. The monoisotopic (exact) mass is 581 g/mol. The second-order valence-electron chi connectivity index (χ2n) is 10.0. The van der Waals surface area contributed by atoms with Crippen molar-refractivity contribution in [3.8, 4) is 0 Å². The van der Waals surface area contributed by atoms with Gasteiger partial charge in [0.05, 0.1) is 25.4 Å². The zero-order valence-electron chi connectivity index (χ0n) is 23.9. The Bertz CT molecular complexity index is 950. The van der Waals surface area contributed by atoms with Crippen LogP contribution in [0.2, 0.25) is 0 Å². The number of carbonyl (C=O) groups excluding carboxylic acids is 1. The SMILES string of the molecule is CCCCOC1[C@@H](OC(CO)OC(C(=O)OCc2ccccc2)[C@@H](O)[C@H](C)OCCCC)C2CO[C@H](O2)[C@H]1N=[N+]=[N-]. The Balaban J connectivity index is 1.77. The summed E-state index contributed by atoms with van der Waals surface area (Å²) in [5.74, 6) is -0.846. The van der Waals surface area contributed by atoms with Crippen LogP contribution in [0, 0.1) is 0 Å². The van der Waals surface area contributed by atoms with Crippen LogP contribution in [0.15, 0.2) is 35.4 Å². The number of hydrogen-bond acceptors (Lipinski definition) is 11. The maximum Gasteiger partial charge on any atom is 0.338 e. The third-order valence-electron chi connectivity index (χ3n) is 6.91. The Kier molecular flexibility index (Phi) is 14.2. The number of rotatable bonds is 19. The van der Waals surface area contributed by atoms with Gasteiger partial charge in [-0.25, -0.2) is 4.79 Å². The smallest absolute Gasteiger partial charge is 0.338 e. The van der Waals surface area contributed by atoms with E-state index in [1.165, 1.54) is 0 Å². The summed E-state index contributed by atoms with van der Waals surface area (Å²) in [6, 6.07) is 8.24. The first-order valence-corrected chi connectivity index (χ1v) is 14.3. The minimum absolute atomic E-state index is 0.0412. The molecule has 2 bridgehead atoms. The number of carbonyl (C=O) groups is 1. The van der Waals surface area contributed by atoms with Gasteiger partial charge in [-0.2, -0.15) is 0 Å². The van der Waals surface area contributed by atoms with E-state index in [2.05, 4.69) is 10.0 Å². The Morgan fingerprint density at radius 1 is 1.17 bits per heavy atom. The number of hydrogen-bond donors (Lipinski definition) is 2. The van der Waals surface area contributed by atoms with Crippen molar-refractivity contribution in [1.29, 1.82) is 0 Å². The molecule has 1 aromatic rings. The van der Waals surface area contributed by atoms with Crippen LogP contribution in [-0.2, 0) is 44.6 Å². The summed E-state index contributed by atoms with van der Waals surface area (Å²) < 4.78 is 40.7. The number of benzene rings is 1. The number of aliphatic hydroxyl groups excluding tert-OH is 2. The van der Waals surface area contributed by atoms with E-state index in [1.807, 2.05) is 32.0 Å². The van der Waals surface area contributed by atoms with Crippen LogP contribution in [0.3, 0.4) is 0 Å². The predicted molar refractivity (Wildman–Crippen MR) is 145 cm³/mol. The van der Waals surface area contributed by atoms with Crippen molar-refractivity contribution in [3.05, 3.63) is 46.3 Å². The number of nitrogens with zero attached hydrogens (tertiary/aromatic N) is 3. The van der Waals surface area contributed by atoms with Crippen LogP contribution >= 0.6 is 0 Å². The zero-order chi connectivity index (χ0) is 29.6. The number of aliphatic hydroxyl groups is 2. The van der Waals surface area contributed by atoms with Gasteiger partial charge in [0.15, 0.2) is 18.7 Å². The fourth-order valence-electron chi connectivity index (χ4n) is 4.56. The summed E-state index contributed by atoms with van der Waals surface area (Å²) in [4.78, 5) is 16.1. The highest BCUT2D eigenvalue weighted by molar-refractivity contribution is 5.75. The predicted octanol–water partition coefficient (Wildman–Crippen LogP) is 3.00. The molecule has 2 saturated heterocycles. The number of azide groups is 1. The van der Waals surface area contributed by atoms with Crippen molar-refractivity contribution < 1.29 is 48.2 Å². The third kappa shape index (κ3) is 9.60. The number of fused-ring (bicyclic) bond motifs is 2. The molecule has 0 radical (unpaired) electrons. The van der Waals surface area contributed by atoms with Gasteiger partial charge >= 0.3 is 5.97 Å². The molecule has 2 aliphatic rings. The highest BCUT2D eigenvalue weighted by Gasteiger charge is 2.53. The number of esters is 1. The van der Waals surface area contributed by atoms with Crippen molar-refractivity contribution in [2.24, 2.45) is 5.11 Å². The molecule has 0 amide bonds.